The van der Waals surface area contributed by atoms with E-state index < -0.39 is 11.5 Å². The highest BCUT2D eigenvalue weighted by Crippen LogP contribution is 2.22. The fourth-order valence-electron chi connectivity index (χ4n) is 1.96. The number of hydrogen-bond donors (Lipinski definition) is 2. The SMILES string of the molecule is CCn1cc(Br)cc1C(=O)NC(C)(CC(=O)O)C(C)C. The first kappa shape index (κ1) is 16.8. The summed E-state index contributed by atoms with van der Waals surface area (Å²) in [5.74, 6) is -1.17. The molecule has 0 aliphatic heterocycles. The molecule has 1 aromatic rings. The van der Waals surface area contributed by atoms with E-state index in [1.807, 2.05) is 31.5 Å². The van der Waals surface area contributed by atoms with Crippen molar-refractivity contribution in [3.05, 3.63) is 22.4 Å². The molecule has 0 radical (unpaired) electrons. The van der Waals surface area contributed by atoms with Crippen molar-refractivity contribution in [1.82, 2.24) is 9.88 Å². The number of nitrogens with one attached hydrogen (secondary N) is 1. The molecule has 0 saturated heterocycles. The second-order valence-electron chi connectivity index (χ2n) is 5.43. The highest BCUT2D eigenvalue weighted by Gasteiger charge is 2.33. The summed E-state index contributed by atoms with van der Waals surface area (Å²) in [6.07, 6.45) is 1.73. The molecule has 0 aliphatic carbocycles. The van der Waals surface area contributed by atoms with Crippen LogP contribution in [-0.4, -0.2) is 27.1 Å². The van der Waals surface area contributed by atoms with Gasteiger partial charge in [-0.25, -0.2) is 0 Å². The maximum absolute atomic E-state index is 12.4. The summed E-state index contributed by atoms with van der Waals surface area (Å²) < 4.78 is 2.65. The number of nitrogens with zero attached hydrogens (tertiary/aromatic N) is 1. The predicted octanol–water partition coefficient (Wildman–Crippen LogP) is 2.89. The molecule has 1 heterocycles. The van der Waals surface area contributed by atoms with Crippen LogP contribution in [0.3, 0.4) is 0 Å². The number of hydrogen-bond acceptors (Lipinski definition) is 2. The van der Waals surface area contributed by atoms with E-state index >= 15 is 0 Å². The fourth-order valence-corrected chi connectivity index (χ4v) is 2.42. The van der Waals surface area contributed by atoms with Crippen LogP contribution >= 0.6 is 15.9 Å². The Kier molecular flexibility index (Phi) is 5.39. The molecule has 1 amide bonds. The minimum Gasteiger partial charge on any atom is -0.481 e. The van der Waals surface area contributed by atoms with Crippen molar-refractivity contribution in [3.63, 3.8) is 0 Å². The molecule has 1 atom stereocenters. The average molecular weight is 345 g/mol. The zero-order chi connectivity index (χ0) is 15.5. The number of carbonyl (C=O) groups is 2. The smallest absolute Gasteiger partial charge is 0.305 e. The van der Waals surface area contributed by atoms with Gasteiger partial charge in [-0.05, 0) is 41.8 Å². The number of carboxylic acids is 1. The number of aryl methyl sites for hydroxylation is 1. The minimum absolute atomic E-state index is 0.0102. The zero-order valence-electron chi connectivity index (χ0n) is 12.2. The van der Waals surface area contributed by atoms with Gasteiger partial charge in [-0.2, -0.15) is 0 Å². The van der Waals surface area contributed by atoms with Gasteiger partial charge in [-0.1, -0.05) is 13.8 Å². The second-order valence-corrected chi connectivity index (χ2v) is 6.34. The third-order valence-electron chi connectivity index (χ3n) is 3.63. The molecule has 6 heteroatoms. The van der Waals surface area contributed by atoms with Gasteiger partial charge in [-0.15, -0.1) is 0 Å². The Morgan fingerprint density at radius 2 is 2.10 bits per heavy atom. The predicted molar refractivity (Wildman–Crippen MR) is 80.8 cm³/mol. The fraction of sp³-hybridized carbons (Fsp3) is 0.571. The maximum atomic E-state index is 12.4. The van der Waals surface area contributed by atoms with Gasteiger partial charge in [0.2, 0.25) is 0 Å². The molecule has 5 nitrogen and oxygen atoms in total. The van der Waals surface area contributed by atoms with E-state index in [0.717, 1.165) is 4.47 Å². The topological polar surface area (TPSA) is 71.3 Å². The Morgan fingerprint density at radius 3 is 2.55 bits per heavy atom. The van der Waals surface area contributed by atoms with Crippen LogP contribution in [0, 0.1) is 5.92 Å². The van der Waals surface area contributed by atoms with Crippen molar-refractivity contribution in [2.45, 2.75) is 46.2 Å². The van der Waals surface area contributed by atoms with E-state index in [4.69, 9.17) is 5.11 Å². The summed E-state index contributed by atoms with van der Waals surface area (Å²) >= 11 is 3.35. The zero-order valence-corrected chi connectivity index (χ0v) is 13.8. The van der Waals surface area contributed by atoms with Crippen molar-refractivity contribution < 1.29 is 14.7 Å². The number of carbonyl (C=O) groups excluding carboxylic acids is 1. The molecule has 1 unspecified atom stereocenters. The molecule has 0 aliphatic rings. The highest BCUT2D eigenvalue weighted by atomic mass is 79.9. The van der Waals surface area contributed by atoms with Gasteiger partial charge in [0, 0.05) is 17.2 Å². The summed E-state index contributed by atoms with van der Waals surface area (Å²) in [6, 6.07) is 1.74. The summed E-state index contributed by atoms with van der Waals surface area (Å²) in [4.78, 5) is 23.4. The maximum Gasteiger partial charge on any atom is 0.305 e. The monoisotopic (exact) mass is 344 g/mol. The average Bonchev–Trinajstić information content (AvgIpc) is 2.69. The van der Waals surface area contributed by atoms with Crippen molar-refractivity contribution in [2.75, 3.05) is 0 Å². The highest BCUT2D eigenvalue weighted by molar-refractivity contribution is 9.10. The molecular weight excluding hydrogens is 324 g/mol. The Balaban J connectivity index is 2.99. The van der Waals surface area contributed by atoms with Crippen molar-refractivity contribution in [3.8, 4) is 0 Å². The van der Waals surface area contributed by atoms with Crippen molar-refractivity contribution in [2.24, 2.45) is 5.92 Å². The lowest BCUT2D eigenvalue weighted by atomic mass is 9.85. The molecule has 0 aromatic carbocycles. The number of aliphatic carboxylic acids is 1. The van der Waals surface area contributed by atoms with Gasteiger partial charge in [-0.3, -0.25) is 9.59 Å². The first-order valence-corrected chi connectivity index (χ1v) is 7.39. The lowest BCUT2D eigenvalue weighted by Gasteiger charge is -2.33. The standard InChI is InChI=1S/C14H21BrN2O3/c1-5-17-8-10(15)6-11(17)13(20)16-14(4,9(2)3)7-12(18)19/h6,8-9H,5,7H2,1-4H3,(H,16,20)(H,18,19). The minimum atomic E-state index is -0.923. The Morgan fingerprint density at radius 1 is 1.50 bits per heavy atom. The van der Waals surface area contributed by atoms with E-state index in [-0.39, 0.29) is 18.2 Å². The van der Waals surface area contributed by atoms with E-state index in [1.54, 1.807) is 13.0 Å². The van der Waals surface area contributed by atoms with Crippen LogP contribution in [0.5, 0.6) is 0 Å². The van der Waals surface area contributed by atoms with Gasteiger partial charge >= 0.3 is 5.97 Å². The first-order chi connectivity index (χ1) is 9.19. The Hall–Kier alpha value is -1.30. The number of amides is 1. The number of aromatic nitrogens is 1. The van der Waals surface area contributed by atoms with Crippen LogP contribution < -0.4 is 5.32 Å². The molecule has 112 valence electrons. The lowest BCUT2D eigenvalue weighted by Crippen LogP contribution is -2.51. The van der Waals surface area contributed by atoms with E-state index in [2.05, 4.69) is 21.2 Å². The number of carboxylic acid groups (broad SMARTS) is 1. The van der Waals surface area contributed by atoms with E-state index in [9.17, 15) is 9.59 Å². The van der Waals surface area contributed by atoms with Gasteiger partial charge < -0.3 is 15.0 Å². The van der Waals surface area contributed by atoms with Gasteiger partial charge in [0.15, 0.2) is 0 Å². The molecule has 1 rings (SSSR count). The molecule has 0 saturated carbocycles. The third kappa shape index (κ3) is 3.85. The second kappa shape index (κ2) is 6.43. The van der Waals surface area contributed by atoms with Crippen molar-refractivity contribution >= 4 is 27.8 Å². The number of rotatable bonds is 6. The quantitative estimate of drug-likeness (QED) is 0.833. The molecule has 1 aromatic heterocycles. The third-order valence-corrected chi connectivity index (χ3v) is 4.06. The van der Waals surface area contributed by atoms with Crippen LogP contribution in [0.1, 0.15) is 44.6 Å². The molecule has 0 bridgehead atoms. The first-order valence-electron chi connectivity index (χ1n) is 6.59. The molecular formula is C14H21BrN2O3. The molecule has 0 fully saturated rings. The Bertz CT molecular complexity index is 511. The molecule has 20 heavy (non-hydrogen) atoms. The normalized spacial score (nSPS) is 14.1. The van der Waals surface area contributed by atoms with Crippen molar-refractivity contribution in [1.29, 1.82) is 0 Å². The summed E-state index contributed by atoms with van der Waals surface area (Å²) in [7, 11) is 0. The van der Waals surface area contributed by atoms with Crippen LogP contribution in [0.25, 0.3) is 0 Å². The van der Waals surface area contributed by atoms with Crippen LogP contribution in [0.15, 0.2) is 16.7 Å². The van der Waals surface area contributed by atoms with Gasteiger partial charge in [0.25, 0.3) is 5.91 Å². The van der Waals surface area contributed by atoms with Crippen LogP contribution in [-0.2, 0) is 11.3 Å². The van der Waals surface area contributed by atoms with Gasteiger partial charge in [0.05, 0.1) is 12.0 Å². The van der Waals surface area contributed by atoms with Gasteiger partial charge in [0.1, 0.15) is 5.69 Å². The largest absolute Gasteiger partial charge is 0.481 e. The van der Waals surface area contributed by atoms with E-state index in [1.165, 1.54) is 0 Å². The molecule has 0 spiro atoms. The van der Waals surface area contributed by atoms with Crippen LogP contribution in [0.4, 0.5) is 0 Å². The summed E-state index contributed by atoms with van der Waals surface area (Å²) in [6.45, 7) is 8.18. The summed E-state index contributed by atoms with van der Waals surface area (Å²) in [5, 5.41) is 11.9. The lowest BCUT2D eigenvalue weighted by molar-refractivity contribution is -0.138. The molecule has 2 N–H and O–H groups in total. The van der Waals surface area contributed by atoms with Crippen LogP contribution in [0.2, 0.25) is 0 Å². The Labute approximate surface area is 127 Å². The summed E-state index contributed by atoms with van der Waals surface area (Å²) in [5.41, 5.74) is -0.255. The number of halogens is 1. The van der Waals surface area contributed by atoms with E-state index in [0.29, 0.717) is 12.2 Å².